The van der Waals surface area contributed by atoms with Crippen molar-refractivity contribution < 1.29 is 8.42 Å². The zero-order valence-corrected chi connectivity index (χ0v) is 12.8. The molecule has 112 valence electrons. The third-order valence-corrected chi connectivity index (χ3v) is 5.08. The summed E-state index contributed by atoms with van der Waals surface area (Å²) in [5, 5.41) is 0.468. The monoisotopic (exact) mass is 315 g/mol. The number of sulfone groups is 1. The summed E-state index contributed by atoms with van der Waals surface area (Å²) in [4.78, 5) is 22.5. The van der Waals surface area contributed by atoms with Crippen molar-refractivity contribution in [2.45, 2.75) is 23.6 Å². The van der Waals surface area contributed by atoms with Crippen LogP contribution in [0.1, 0.15) is 11.4 Å². The van der Waals surface area contributed by atoms with E-state index < -0.39 is 15.4 Å². The number of nitrogens with one attached hydrogen (secondary N) is 1. The molecule has 0 aliphatic carbocycles. The number of hydrogen-bond donors (Lipinski definition) is 1. The molecule has 0 unspecified atom stereocenters. The van der Waals surface area contributed by atoms with Gasteiger partial charge in [-0.2, -0.15) is 0 Å². The number of pyridine rings is 1. The highest BCUT2D eigenvalue weighted by Crippen LogP contribution is 2.20. The van der Waals surface area contributed by atoms with Gasteiger partial charge in [0, 0.05) is 11.6 Å². The molecule has 2 heterocycles. The average molecular weight is 315 g/mol. The number of benzene rings is 1. The largest absolute Gasteiger partial charge is 0.305 e. The van der Waals surface area contributed by atoms with Crippen molar-refractivity contribution in [1.82, 2.24) is 15.0 Å². The fourth-order valence-corrected chi connectivity index (χ4v) is 3.43. The lowest BCUT2D eigenvalue weighted by atomic mass is 10.2. The van der Waals surface area contributed by atoms with Crippen LogP contribution >= 0.6 is 0 Å². The number of aromatic nitrogens is 3. The lowest BCUT2D eigenvalue weighted by molar-refractivity contribution is 0.595. The van der Waals surface area contributed by atoms with Crippen LogP contribution in [0.3, 0.4) is 0 Å². The lowest BCUT2D eigenvalue weighted by Crippen LogP contribution is -2.18. The van der Waals surface area contributed by atoms with E-state index in [-0.39, 0.29) is 9.79 Å². The van der Waals surface area contributed by atoms with E-state index >= 15 is 0 Å². The number of hydrogen-bond acceptors (Lipinski definition) is 5. The third kappa shape index (κ3) is 2.39. The maximum absolute atomic E-state index is 12.6. The fourth-order valence-electron chi connectivity index (χ4n) is 2.10. The third-order valence-electron chi connectivity index (χ3n) is 3.30. The molecule has 0 radical (unpaired) electrons. The molecule has 3 rings (SSSR count). The van der Waals surface area contributed by atoms with Crippen molar-refractivity contribution in [2.75, 3.05) is 0 Å². The van der Waals surface area contributed by atoms with Gasteiger partial charge in [0.15, 0.2) is 0 Å². The van der Waals surface area contributed by atoms with Crippen LogP contribution in [0.4, 0.5) is 0 Å². The predicted molar refractivity (Wildman–Crippen MR) is 81.5 cm³/mol. The molecule has 0 aliphatic rings. The number of aromatic amines is 1. The summed E-state index contributed by atoms with van der Waals surface area (Å²) in [6, 6.07) is 7.66. The first kappa shape index (κ1) is 14.4. The number of rotatable bonds is 2. The van der Waals surface area contributed by atoms with E-state index in [1.54, 1.807) is 19.1 Å². The summed E-state index contributed by atoms with van der Waals surface area (Å²) < 4.78 is 25.2. The Labute approximate surface area is 126 Å². The maximum atomic E-state index is 12.6. The molecule has 0 aliphatic heterocycles. The Kier molecular flexibility index (Phi) is 3.29. The topological polar surface area (TPSA) is 92.8 Å². The molecule has 22 heavy (non-hydrogen) atoms. The lowest BCUT2D eigenvalue weighted by Gasteiger charge is -2.06. The molecular weight excluding hydrogens is 302 g/mol. The Bertz CT molecular complexity index is 1020. The van der Waals surface area contributed by atoms with Gasteiger partial charge in [0.2, 0.25) is 9.84 Å². The van der Waals surface area contributed by atoms with Gasteiger partial charge in [-0.3, -0.25) is 4.79 Å². The molecule has 1 aromatic carbocycles. The molecule has 0 saturated heterocycles. The van der Waals surface area contributed by atoms with Crippen LogP contribution in [0.5, 0.6) is 0 Å². The van der Waals surface area contributed by atoms with E-state index in [1.165, 1.54) is 24.4 Å². The molecule has 0 atom stereocenters. The Morgan fingerprint density at radius 1 is 1.09 bits per heavy atom. The van der Waals surface area contributed by atoms with Gasteiger partial charge in [0.05, 0.1) is 4.90 Å². The standard InChI is InChI=1S/C15H13N3O3S/c1-9-3-5-12(6-4-9)22(20,21)13-7-11-8-16-10(2)17-14(11)18-15(13)19/h3-8H,1-2H3,(H,16,17,18,19). The molecule has 0 bridgehead atoms. The van der Waals surface area contributed by atoms with Crippen LogP contribution in [-0.2, 0) is 9.84 Å². The van der Waals surface area contributed by atoms with Crippen molar-refractivity contribution in [2.24, 2.45) is 0 Å². The number of aryl methyl sites for hydroxylation is 2. The summed E-state index contributed by atoms with van der Waals surface area (Å²) in [6.07, 6.45) is 1.49. The number of nitrogens with zero attached hydrogens (tertiary/aromatic N) is 2. The van der Waals surface area contributed by atoms with Gasteiger partial charge in [-0.05, 0) is 32.0 Å². The zero-order chi connectivity index (χ0) is 15.9. The van der Waals surface area contributed by atoms with Crippen LogP contribution in [0, 0.1) is 13.8 Å². The van der Waals surface area contributed by atoms with Crippen LogP contribution < -0.4 is 5.56 Å². The van der Waals surface area contributed by atoms with Gasteiger partial charge >= 0.3 is 0 Å². The first-order valence-corrected chi connectivity index (χ1v) is 8.05. The second kappa shape index (κ2) is 5.03. The molecular formula is C15H13N3O3S. The van der Waals surface area contributed by atoms with Gasteiger partial charge in [0.1, 0.15) is 16.4 Å². The smallest absolute Gasteiger partial charge is 0.268 e. The van der Waals surface area contributed by atoms with Crippen molar-refractivity contribution in [1.29, 1.82) is 0 Å². The summed E-state index contributed by atoms with van der Waals surface area (Å²) in [5.74, 6) is 0.497. The second-order valence-electron chi connectivity index (χ2n) is 5.00. The SMILES string of the molecule is Cc1ccc(S(=O)(=O)c2cc3cnc(C)nc3[nH]c2=O)cc1. The minimum atomic E-state index is -3.89. The highest BCUT2D eigenvalue weighted by molar-refractivity contribution is 7.91. The van der Waals surface area contributed by atoms with Crippen LogP contribution in [0.15, 0.2) is 51.1 Å². The minimum absolute atomic E-state index is 0.0796. The predicted octanol–water partition coefficient (Wildman–Crippen LogP) is 1.77. The Morgan fingerprint density at radius 2 is 1.77 bits per heavy atom. The summed E-state index contributed by atoms with van der Waals surface area (Å²) >= 11 is 0. The van der Waals surface area contributed by atoms with Crippen molar-refractivity contribution in [3.8, 4) is 0 Å². The quantitative estimate of drug-likeness (QED) is 0.778. The minimum Gasteiger partial charge on any atom is -0.305 e. The Balaban J connectivity index is 2.25. The molecule has 1 N–H and O–H groups in total. The molecule has 0 saturated carbocycles. The fraction of sp³-hybridized carbons (Fsp3) is 0.133. The molecule has 2 aromatic heterocycles. The van der Waals surface area contributed by atoms with E-state index in [4.69, 9.17) is 0 Å². The van der Waals surface area contributed by atoms with E-state index in [0.29, 0.717) is 16.9 Å². The normalized spacial score (nSPS) is 11.7. The molecule has 6 nitrogen and oxygen atoms in total. The average Bonchev–Trinajstić information content (AvgIpc) is 2.46. The summed E-state index contributed by atoms with van der Waals surface area (Å²) in [7, 11) is -3.89. The van der Waals surface area contributed by atoms with Gasteiger partial charge in [-0.15, -0.1) is 0 Å². The van der Waals surface area contributed by atoms with E-state index in [1.807, 2.05) is 6.92 Å². The first-order valence-electron chi connectivity index (χ1n) is 6.56. The highest BCUT2D eigenvalue weighted by Gasteiger charge is 2.22. The molecule has 7 heteroatoms. The molecule has 0 fully saturated rings. The molecule has 0 amide bonds. The Morgan fingerprint density at radius 3 is 2.45 bits per heavy atom. The van der Waals surface area contributed by atoms with Gasteiger partial charge in [-0.1, -0.05) is 17.7 Å². The van der Waals surface area contributed by atoms with E-state index in [9.17, 15) is 13.2 Å². The summed E-state index contributed by atoms with van der Waals surface area (Å²) in [6.45, 7) is 3.55. The maximum Gasteiger partial charge on any atom is 0.268 e. The van der Waals surface area contributed by atoms with Crippen LogP contribution in [0.2, 0.25) is 0 Å². The molecule has 3 aromatic rings. The number of H-pyrrole nitrogens is 1. The van der Waals surface area contributed by atoms with E-state index in [0.717, 1.165) is 5.56 Å². The van der Waals surface area contributed by atoms with Crippen LogP contribution in [0.25, 0.3) is 11.0 Å². The van der Waals surface area contributed by atoms with Crippen molar-refractivity contribution in [3.05, 3.63) is 58.3 Å². The first-order chi connectivity index (χ1) is 10.4. The Hall–Kier alpha value is -2.54. The zero-order valence-electron chi connectivity index (χ0n) is 12.0. The van der Waals surface area contributed by atoms with Crippen molar-refractivity contribution >= 4 is 20.9 Å². The van der Waals surface area contributed by atoms with E-state index in [2.05, 4.69) is 15.0 Å². The number of fused-ring (bicyclic) bond motifs is 1. The molecule has 0 spiro atoms. The summed E-state index contributed by atoms with van der Waals surface area (Å²) in [5.41, 5.74) is 0.571. The second-order valence-corrected chi connectivity index (χ2v) is 6.92. The highest BCUT2D eigenvalue weighted by atomic mass is 32.2. The van der Waals surface area contributed by atoms with Crippen LogP contribution in [-0.4, -0.2) is 23.4 Å². The van der Waals surface area contributed by atoms with Crippen molar-refractivity contribution in [3.63, 3.8) is 0 Å². The van der Waals surface area contributed by atoms with Gasteiger partial charge < -0.3 is 4.98 Å². The van der Waals surface area contributed by atoms with Gasteiger partial charge in [-0.25, -0.2) is 18.4 Å². The van der Waals surface area contributed by atoms with Gasteiger partial charge in [0.25, 0.3) is 5.56 Å².